The first-order valence-corrected chi connectivity index (χ1v) is 6.50. The quantitative estimate of drug-likeness (QED) is 0.658. The molecular weight excluding hydrogens is 244 g/mol. The van der Waals surface area contributed by atoms with Crippen LogP contribution in [0.3, 0.4) is 0 Å². The lowest BCUT2D eigenvalue weighted by molar-refractivity contribution is 0.112. The number of benzene rings is 1. The second-order valence-corrected chi connectivity index (χ2v) is 5.27. The lowest BCUT2D eigenvalue weighted by Gasteiger charge is -2.00. The summed E-state index contributed by atoms with van der Waals surface area (Å²) in [6.07, 6.45) is 0.908. The molecule has 0 aliphatic heterocycles. The van der Waals surface area contributed by atoms with Gasteiger partial charge in [0.15, 0.2) is 6.29 Å². The van der Waals surface area contributed by atoms with Crippen molar-refractivity contribution in [2.24, 2.45) is 7.05 Å². The fraction of sp³-hybridized carbons (Fsp3) is 0.143. The number of aromatic nitrogens is 2. The highest BCUT2D eigenvalue weighted by atomic mass is 32.1. The Labute approximate surface area is 109 Å². The molecule has 0 radical (unpaired) electrons. The zero-order chi connectivity index (χ0) is 12.7. The van der Waals surface area contributed by atoms with E-state index in [1.54, 1.807) is 11.3 Å². The van der Waals surface area contributed by atoms with E-state index in [1.807, 2.05) is 42.9 Å². The largest absolute Gasteiger partial charge is 0.298 e. The van der Waals surface area contributed by atoms with E-state index in [0.717, 1.165) is 32.8 Å². The van der Waals surface area contributed by atoms with Crippen molar-refractivity contribution in [3.05, 3.63) is 41.6 Å². The molecule has 0 amide bonds. The Kier molecular flexibility index (Phi) is 2.52. The standard InChI is InChI=1S/C14H12N2OS/c1-9-12-7-13(18-14(12)16(2)15-9)11-6-4-3-5-10(11)8-17/h3-8H,1-2H3. The van der Waals surface area contributed by atoms with E-state index in [1.165, 1.54) is 5.39 Å². The topological polar surface area (TPSA) is 34.9 Å². The van der Waals surface area contributed by atoms with Crippen LogP contribution in [-0.4, -0.2) is 16.1 Å². The first-order valence-electron chi connectivity index (χ1n) is 5.68. The van der Waals surface area contributed by atoms with Crippen LogP contribution in [0.2, 0.25) is 0 Å². The Morgan fingerprint density at radius 2 is 2.11 bits per heavy atom. The van der Waals surface area contributed by atoms with Crippen LogP contribution in [0, 0.1) is 6.92 Å². The number of thiophene rings is 1. The summed E-state index contributed by atoms with van der Waals surface area (Å²) >= 11 is 1.67. The van der Waals surface area contributed by atoms with Crippen molar-refractivity contribution in [3.8, 4) is 10.4 Å². The van der Waals surface area contributed by atoms with Gasteiger partial charge in [-0.2, -0.15) is 5.10 Å². The fourth-order valence-electron chi connectivity index (χ4n) is 2.16. The minimum atomic E-state index is 0.731. The molecule has 3 aromatic rings. The van der Waals surface area contributed by atoms with Crippen molar-refractivity contribution >= 4 is 27.8 Å². The summed E-state index contributed by atoms with van der Waals surface area (Å²) in [7, 11) is 1.95. The van der Waals surface area contributed by atoms with Crippen LogP contribution in [0.25, 0.3) is 20.7 Å². The SMILES string of the molecule is Cc1nn(C)c2sc(-c3ccccc3C=O)cc12. The van der Waals surface area contributed by atoms with Gasteiger partial charge in [-0.25, -0.2) is 0 Å². The highest BCUT2D eigenvalue weighted by Crippen LogP contribution is 2.35. The predicted molar refractivity (Wildman–Crippen MR) is 74.2 cm³/mol. The molecule has 0 spiro atoms. The maximum absolute atomic E-state index is 11.1. The number of hydrogen-bond donors (Lipinski definition) is 0. The van der Waals surface area contributed by atoms with Gasteiger partial charge >= 0.3 is 0 Å². The molecule has 18 heavy (non-hydrogen) atoms. The lowest BCUT2D eigenvalue weighted by Crippen LogP contribution is -1.88. The van der Waals surface area contributed by atoms with E-state index in [2.05, 4.69) is 11.2 Å². The van der Waals surface area contributed by atoms with E-state index in [9.17, 15) is 4.79 Å². The van der Waals surface area contributed by atoms with Crippen LogP contribution in [0.15, 0.2) is 30.3 Å². The minimum Gasteiger partial charge on any atom is -0.298 e. The zero-order valence-corrected chi connectivity index (χ0v) is 11.0. The van der Waals surface area contributed by atoms with Gasteiger partial charge in [0.25, 0.3) is 0 Å². The Morgan fingerprint density at radius 3 is 2.83 bits per heavy atom. The Morgan fingerprint density at radius 1 is 1.33 bits per heavy atom. The summed E-state index contributed by atoms with van der Waals surface area (Å²) in [6.45, 7) is 2.00. The molecule has 0 saturated heterocycles. The number of aldehydes is 1. The molecule has 0 atom stereocenters. The highest BCUT2D eigenvalue weighted by molar-refractivity contribution is 7.22. The molecule has 1 aromatic carbocycles. The van der Waals surface area contributed by atoms with E-state index >= 15 is 0 Å². The first-order chi connectivity index (χ1) is 8.70. The smallest absolute Gasteiger partial charge is 0.150 e. The molecule has 3 nitrogen and oxygen atoms in total. The molecule has 0 aliphatic carbocycles. The molecule has 0 saturated carbocycles. The summed E-state index contributed by atoms with van der Waals surface area (Å²) in [5.41, 5.74) is 2.75. The van der Waals surface area contributed by atoms with Gasteiger partial charge in [-0.1, -0.05) is 24.3 Å². The number of aryl methyl sites for hydroxylation is 2. The van der Waals surface area contributed by atoms with Crippen molar-refractivity contribution in [1.29, 1.82) is 0 Å². The molecule has 0 bridgehead atoms. The molecule has 2 heterocycles. The fourth-order valence-corrected chi connectivity index (χ4v) is 3.33. The number of carbonyl (C=O) groups excluding carboxylic acids is 1. The van der Waals surface area contributed by atoms with Crippen LogP contribution < -0.4 is 0 Å². The van der Waals surface area contributed by atoms with Crippen LogP contribution in [0.1, 0.15) is 16.1 Å². The third-order valence-electron chi connectivity index (χ3n) is 3.05. The maximum Gasteiger partial charge on any atom is 0.150 e. The molecule has 0 aliphatic rings. The zero-order valence-electron chi connectivity index (χ0n) is 10.2. The van der Waals surface area contributed by atoms with E-state index in [-0.39, 0.29) is 0 Å². The average molecular weight is 256 g/mol. The molecule has 0 fully saturated rings. The lowest BCUT2D eigenvalue weighted by atomic mass is 10.1. The van der Waals surface area contributed by atoms with Crippen molar-refractivity contribution in [2.45, 2.75) is 6.92 Å². The predicted octanol–water partition coefficient (Wildman–Crippen LogP) is 3.42. The number of carbonyl (C=O) groups is 1. The van der Waals surface area contributed by atoms with Crippen molar-refractivity contribution in [2.75, 3.05) is 0 Å². The Bertz CT molecular complexity index is 705. The summed E-state index contributed by atoms with van der Waals surface area (Å²) in [6, 6.07) is 9.78. The monoisotopic (exact) mass is 256 g/mol. The van der Waals surface area contributed by atoms with Crippen LogP contribution in [-0.2, 0) is 7.05 Å². The third-order valence-corrected chi connectivity index (χ3v) is 4.28. The number of rotatable bonds is 2. The van der Waals surface area contributed by atoms with Gasteiger partial charge in [0.2, 0.25) is 0 Å². The van der Waals surface area contributed by atoms with E-state index in [0.29, 0.717) is 0 Å². The van der Waals surface area contributed by atoms with Gasteiger partial charge in [-0.15, -0.1) is 11.3 Å². The normalized spacial score (nSPS) is 11.0. The highest BCUT2D eigenvalue weighted by Gasteiger charge is 2.12. The average Bonchev–Trinajstić information content (AvgIpc) is 2.92. The number of fused-ring (bicyclic) bond motifs is 1. The van der Waals surface area contributed by atoms with Crippen LogP contribution in [0.5, 0.6) is 0 Å². The molecule has 0 N–H and O–H groups in total. The van der Waals surface area contributed by atoms with Crippen molar-refractivity contribution in [3.63, 3.8) is 0 Å². The summed E-state index contributed by atoms with van der Waals surface area (Å²) in [5.74, 6) is 0. The second kappa shape index (κ2) is 4.07. The van der Waals surface area contributed by atoms with Gasteiger partial charge in [-0.3, -0.25) is 9.48 Å². The summed E-state index contributed by atoms with van der Waals surface area (Å²) in [4.78, 5) is 13.3. The minimum absolute atomic E-state index is 0.731. The van der Waals surface area contributed by atoms with Gasteiger partial charge in [-0.05, 0) is 13.0 Å². The first kappa shape index (κ1) is 11.2. The van der Waals surface area contributed by atoms with Gasteiger partial charge in [0.1, 0.15) is 4.83 Å². The molecule has 3 rings (SSSR count). The van der Waals surface area contributed by atoms with E-state index in [4.69, 9.17) is 0 Å². The van der Waals surface area contributed by atoms with Crippen molar-refractivity contribution < 1.29 is 4.79 Å². The summed E-state index contributed by atoms with van der Waals surface area (Å²) < 4.78 is 1.89. The van der Waals surface area contributed by atoms with E-state index < -0.39 is 0 Å². The Balaban J connectivity index is 2.26. The van der Waals surface area contributed by atoms with Gasteiger partial charge in [0, 0.05) is 28.4 Å². The molecule has 2 aromatic heterocycles. The number of nitrogens with zero attached hydrogens (tertiary/aromatic N) is 2. The molecule has 4 heteroatoms. The third kappa shape index (κ3) is 1.57. The van der Waals surface area contributed by atoms with Gasteiger partial charge < -0.3 is 0 Å². The van der Waals surface area contributed by atoms with Crippen molar-refractivity contribution in [1.82, 2.24) is 9.78 Å². The molecule has 90 valence electrons. The maximum atomic E-state index is 11.1. The Hall–Kier alpha value is -1.94. The molecular formula is C14H12N2OS. The van der Waals surface area contributed by atoms with Crippen LogP contribution >= 0.6 is 11.3 Å². The summed E-state index contributed by atoms with van der Waals surface area (Å²) in [5, 5.41) is 5.55. The second-order valence-electron chi connectivity index (χ2n) is 4.24. The van der Waals surface area contributed by atoms with Gasteiger partial charge in [0.05, 0.1) is 5.69 Å². The molecule has 0 unspecified atom stereocenters. The number of hydrogen-bond acceptors (Lipinski definition) is 3. The van der Waals surface area contributed by atoms with Crippen LogP contribution in [0.4, 0.5) is 0 Å².